The maximum absolute atomic E-state index is 11.8. The van der Waals surface area contributed by atoms with Gasteiger partial charge in [-0.3, -0.25) is 10.1 Å². The molecule has 17 heavy (non-hydrogen) atoms. The second-order valence-corrected chi connectivity index (χ2v) is 5.98. The summed E-state index contributed by atoms with van der Waals surface area (Å²) >= 11 is 6.18. The Morgan fingerprint density at radius 3 is 2.65 bits per heavy atom. The molecule has 1 aromatic carbocycles. The van der Waals surface area contributed by atoms with E-state index in [1.807, 2.05) is 18.4 Å². The predicted molar refractivity (Wildman–Crippen MR) is 73.8 cm³/mol. The van der Waals surface area contributed by atoms with Crippen molar-refractivity contribution in [3.05, 3.63) is 34.3 Å². The predicted octanol–water partition coefficient (Wildman–Crippen LogP) is 3.27. The average molecular weight is 330 g/mol. The highest BCUT2D eigenvalue weighted by atomic mass is 79.9. The van der Waals surface area contributed by atoms with E-state index in [1.165, 1.54) is 23.1 Å². The Morgan fingerprint density at radius 2 is 2.06 bits per heavy atom. The summed E-state index contributed by atoms with van der Waals surface area (Å²) < 4.78 is 1.77. The maximum atomic E-state index is 11.8. The number of amides is 1. The first-order chi connectivity index (χ1) is 8.19. The quantitative estimate of drug-likeness (QED) is 0.693. The molecule has 0 saturated carbocycles. The number of carbonyl (C=O) groups is 1. The second kappa shape index (κ2) is 5.61. The highest BCUT2D eigenvalue weighted by Gasteiger charge is 2.09. The smallest absolute Gasteiger partial charge is 0.257 e. The summed E-state index contributed by atoms with van der Waals surface area (Å²) in [5, 5.41) is 11.0. The van der Waals surface area contributed by atoms with Crippen LogP contribution in [0.5, 0.6) is 0 Å². The molecular formula is C10H8BrN3OS2. The van der Waals surface area contributed by atoms with Gasteiger partial charge in [-0.15, -0.1) is 10.2 Å². The van der Waals surface area contributed by atoms with Crippen LogP contribution >= 0.6 is 39.0 Å². The first kappa shape index (κ1) is 12.5. The van der Waals surface area contributed by atoms with E-state index in [4.69, 9.17) is 0 Å². The number of benzene rings is 1. The Balaban J connectivity index is 2.08. The number of thioether (sulfide) groups is 1. The molecule has 2 aromatic rings. The van der Waals surface area contributed by atoms with Crippen LogP contribution in [-0.4, -0.2) is 22.4 Å². The van der Waals surface area contributed by atoms with Crippen molar-refractivity contribution in [2.24, 2.45) is 0 Å². The molecule has 4 nitrogen and oxygen atoms in total. The molecule has 0 aliphatic heterocycles. The van der Waals surface area contributed by atoms with Crippen molar-refractivity contribution in [1.29, 1.82) is 0 Å². The summed E-state index contributed by atoms with van der Waals surface area (Å²) in [6.07, 6.45) is 1.92. The number of carbonyl (C=O) groups excluding carboxylic acids is 1. The highest BCUT2D eigenvalue weighted by Crippen LogP contribution is 2.23. The Bertz CT molecular complexity index is 527. The summed E-state index contributed by atoms with van der Waals surface area (Å²) in [4.78, 5) is 11.8. The van der Waals surface area contributed by atoms with Crippen LogP contribution in [0.4, 0.5) is 5.13 Å². The van der Waals surface area contributed by atoms with Crippen LogP contribution in [0.3, 0.4) is 0 Å². The minimum absolute atomic E-state index is 0.179. The third-order valence-corrected chi connectivity index (χ3v) is 4.25. The molecule has 1 amide bonds. The summed E-state index contributed by atoms with van der Waals surface area (Å²) in [6, 6.07) is 7.14. The van der Waals surface area contributed by atoms with Crippen LogP contribution in [0, 0.1) is 0 Å². The molecule has 1 N–H and O–H groups in total. The maximum Gasteiger partial charge on any atom is 0.257 e. The van der Waals surface area contributed by atoms with E-state index in [2.05, 4.69) is 31.4 Å². The minimum Gasteiger partial charge on any atom is -0.296 e. The fraction of sp³-hybridized carbons (Fsp3) is 0.100. The second-order valence-electron chi connectivity index (χ2n) is 3.04. The van der Waals surface area contributed by atoms with E-state index in [0.717, 1.165) is 8.81 Å². The van der Waals surface area contributed by atoms with Gasteiger partial charge >= 0.3 is 0 Å². The van der Waals surface area contributed by atoms with Crippen molar-refractivity contribution in [3.8, 4) is 0 Å². The van der Waals surface area contributed by atoms with Gasteiger partial charge in [0, 0.05) is 10.0 Å². The van der Waals surface area contributed by atoms with Crippen LogP contribution in [0.15, 0.2) is 33.1 Å². The number of hydrogen-bond acceptors (Lipinski definition) is 5. The normalized spacial score (nSPS) is 10.2. The first-order valence-electron chi connectivity index (χ1n) is 4.63. The van der Waals surface area contributed by atoms with Gasteiger partial charge in [0.05, 0.1) is 0 Å². The number of halogens is 1. The van der Waals surface area contributed by atoms with Crippen molar-refractivity contribution in [1.82, 2.24) is 10.2 Å². The molecular weight excluding hydrogens is 322 g/mol. The lowest BCUT2D eigenvalue weighted by Gasteiger charge is -2.00. The zero-order valence-electron chi connectivity index (χ0n) is 8.81. The van der Waals surface area contributed by atoms with Crippen molar-refractivity contribution in [2.75, 3.05) is 11.6 Å². The lowest BCUT2D eigenvalue weighted by Crippen LogP contribution is -2.11. The Labute approximate surface area is 115 Å². The van der Waals surface area contributed by atoms with Gasteiger partial charge in [-0.25, -0.2) is 0 Å². The molecule has 88 valence electrons. The van der Waals surface area contributed by atoms with Gasteiger partial charge in [0.25, 0.3) is 5.91 Å². The SMILES string of the molecule is CSc1nnc(NC(=O)c2ccc(Br)cc2)s1. The number of nitrogens with zero attached hydrogens (tertiary/aromatic N) is 2. The van der Waals surface area contributed by atoms with Gasteiger partial charge in [0.15, 0.2) is 4.34 Å². The summed E-state index contributed by atoms with van der Waals surface area (Å²) in [5.74, 6) is -0.179. The highest BCUT2D eigenvalue weighted by molar-refractivity contribution is 9.10. The van der Waals surface area contributed by atoms with E-state index < -0.39 is 0 Å². The van der Waals surface area contributed by atoms with Crippen LogP contribution in [0.2, 0.25) is 0 Å². The third kappa shape index (κ3) is 3.27. The minimum atomic E-state index is -0.179. The van der Waals surface area contributed by atoms with Gasteiger partial charge in [0.1, 0.15) is 0 Å². The number of nitrogens with one attached hydrogen (secondary N) is 1. The van der Waals surface area contributed by atoms with E-state index in [0.29, 0.717) is 10.7 Å². The molecule has 1 heterocycles. The van der Waals surface area contributed by atoms with Gasteiger partial charge in [0.2, 0.25) is 5.13 Å². The van der Waals surface area contributed by atoms with Gasteiger partial charge < -0.3 is 0 Å². The molecule has 0 unspecified atom stereocenters. The summed E-state index contributed by atoms with van der Waals surface area (Å²) in [6.45, 7) is 0. The monoisotopic (exact) mass is 329 g/mol. The number of anilines is 1. The van der Waals surface area contributed by atoms with Gasteiger partial charge in [-0.2, -0.15) is 0 Å². The van der Waals surface area contributed by atoms with Crippen LogP contribution in [-0.2, 0) is 0 Å². The van der Waals surface area contributed by atoms with E-state index in [-0.39, 0.29) is 5.91 Å². The molecule has 2 rings (SSSR count). The van der Waals surface area contributed by atoms with Crippen molar-refractivity contribution >= 4 is 50.1 Å². The lowest BCUT2D eigenvalue weighted by molar-refractivity contribution is 0.102. The van der Waals surface area contributed by atoms with Gasteiger partial charge in [-0.05, 0) is 30.5 Å². The zero-order valence-corrected chi connectivity index (χ0v) is 12.0. The van der Waals surface area contributed by atoms with Crippen LogP contribution in [0.1, 0.15) is 10.4 Å². The van der Waals surface area contributed by atoms with E-state index in [1.54, 1.807) is 12.1 Å². The average Bonchev–Trinajstić information content (AvgIpc) is 2.77. The molecule has 1 aromatic heterocycles. The first-order valence-corrected chi connectivity index (χ1v) is 7.47. The summed E-state index contributed by atoms with van der Waals surface area (Å²) in [7, 11) is 0. The molecule has 0 radical (unpaired) electrons. The van der Waals surface area contributed by atoms with Crippen LogP contribution in [0.25, 0.3) is 0 Å². The number of aromatic nitrogens is 2. The molecule has 0 spiro atoms. The number of rotatable bonds is 3. The van der Waals surface area contributed by atoms with Crippen LogP contribution < -0.4 is 5.32 Å². The largest absolute Gasteiger partial charge is 0.296 e. The lowest BCUT2D eigenvalue weighted by atomic mass is 10.2. The number of hydrogen-bond donors (Lipinski definition) is 1. The standard InChI is InChI=1S/C10H8BrN3OS2/c1-16-10-14-13-9(17-10)12-8(15)6-2-4-7(11)5-3-6/h2-5H,1H3,(H,12,13,15). The molecule has 0 aliphatic rings. The Morgan fingerprint density at radius 1 is 1.35 bits per heavy atom. The molecule has 0 bridgehead atoms. The third-order valence-electron chi connectivity index (χ3n) is 1.91. The fourth-order valence-electron chi connectivity index (χ4n) is 1.11. The van der Waals surface area contributed by atoms with Crippen molar-refractivity contribution < 1.29 is 4.79 Å². The Hall–Kier alpha value is -0.920. The summed E-state index contributed by atoms with van der Waals surface area (Å²) in [5.41, 5.74) is 0.592. The van der Waals surface area contributed by atoms with Crippen molar-refractivity contribution in [3.63, 3.8) is 0 Å². The Kier molecular flexibility index (Phi) is 4.14. The van der Waals surface area contributed by atoms with E-state index >= 15 is 0 Å². The molecule has 0 fully saturated rings. The molecule has 0 saturated heterocycles. The molecule has 0 atom stereocenters. The van der Waals surface area contributed by atoms with Crippen molar-refractivity contribution in [2.45, 2.75) is 4.34 Å². The molecule has 7 heteroatoms. The van der Waals surface area contributed by atoms with E-state index in [9.17, 15) is 4.79 Å². The topological polar surface area (TPSA) is 54.9 Å². The molecule has 0 aliphatic carbocycles. The van der Waals surface area contributed by atoms with Gasteiger partial charge in [-0.1, -0.05) is 39.0 Å². The zero-order chi connectivity index (χ0) is 12.3. The fourth-order valence-corrected chi connectivity index (χ4v) is 2.54.